The number of para-hydroxylation sites is 2. The number of unbranched alkanes of at least 4 members (excludes halogenated alkanes) is 1. The van der Waals surface area contributed by atoms with Crippen LogP contribution >= 0.6 is 0 Å². The van der Waals surface area contributed by atoms with Crippen molar-refractivity contribution in [3.63, 3.8) is 0 Å². The smallest absolute Gasteiger partial charge is 0.308 e. The van der Waals surface area contributed by atoms with Crippen molar-refractivity contribution in [2.45, 2.75) is 31.5 Å². The Kier molecular flexibility index (Phi) is 2.93. The van der Waals surface area contributed by atoms with E-state index in [0.29, 0.717) is 5.78 Å². The molecule has 9 nitrogen and oxygen atoms in total. The predicted octanol–water partition coefficient (Wildman–Crippen LogP) is 1.38. The molecule has 3 heterocycles. The zero-order valence-corrected chi connectivity index (χ0v) is 13.1. The zero-order valence-electron chi connectivity index (χ0n) is 12.3. The number of imidazole rings is 1. The lowest BCUT2D eigenvalue weighted by Gasteiger charge is -2.02. The molecule has 4 rings (SSSR count). The zero-order chi connectivity index (χ0) is 16.2. The van der Waals surface area contributed by atoms with Crippen LogP contribution in [0.1, 0.15) is 19.8 Å². The van der Waals surface area contributed by atoms with Crippen molar-refractivity contribution in [1.82, 2.24) is 28.8 Å². The Hall–Kier alpha value is -2.46. The molecule has 1 N–H and O–H groups in total. The highest BCUT2D eigenvalue weighted by Crippen LogP contribution is 2.23. The van der Waals surface area contributed by atoms with Crippen molar-refractivity contribution < 1.29 is 13.0 Å². The lowest BCUT2D eigenvalue weighted by molar-refractivity contribution is 0.470. The van der Waals surface area contributed by atoms with E-state index in [1.165, 1.54) is 0 Å². The van der Waals surface area contributed by atoms with E-state index in [9.17, 15) is 13.0 Å². The number of nitrogens with zero attached hydrogens (tertiary/aromatic N) is 6. The third kappa shape index (κ3) is 1.95. The maximum atomic E-state index is 11.4. The molecule has 0 saturated heterocycles. The van der Waals surface area contributed by atoms with Gasteiger partial charge in [-0.25, -0.2) is 4.40 Å². The van der Waals surface area contributed by atoms with E-state index >= 15 is 0 Å². The quantitative estimate of drug-likeness (QED) is 0.565. The average Bonchev–Trinajstić information content (AvgIpc) is 3.13. The minimum atomic E-state index is -4.49. The van der Waals surface area contributed by atoms with Gasteiger partial charge >= 0.3 is 10.1 Å². The van der Waals surface area contributed by atoms with Gasteiger partial charge < -0.3 is 4.57 Å². The Balaban J connectivity index is 2.14. The third-order valence-corrected chi connectivity index (χ3v) is 4.52. The molecule has 0 saturated carbocycles. The first kappa shape index (κ1) is 14.2. The van der Waals surface area contributed by atoms with E-state index in [-0.39, 0.29) is 5.78 Å². The second kappa shape index (κ2) is 4.77. The number of hydrogen-bond acceptors (Lipinski definition) is 5. The Morgan fingerprint density at radius 2 is 1.87 bits per heavy atom. The van der Waals surface area contributed by atoms with Gasteiger partial charge in [-0.15, -0.1) is 15.3 Å². The van der Waals surface area contributed by atoms with Crippen molar-refractivity contribution >= 4 is 32.7 Å². The number of hydrogen-bond donors (Lipinski definition) is 1. The fourth-order valence-corrected chi connectivity index (χ4v) is 3.27. The lowest BCUT2D eigenvalue weighted by atomic mass is 10.3. The van der Waals surface area contributed by atoms with E-state index in [4.69, 9.17) is 0 Å². The second-order valence-corrected chi connectivity index (χ2v) is 6.61. The Morgan fingerprint density at radius 1 is 1.13 bits per heavy atom. The van der Waals surface area contributed by atoms with Crippen LogP contribution in [-0.4, -0.2) is 41.7 Å². The summed E-state index contributed by atoms with van der Waals surface area (Å²) >= 11 is 0. The molecular weight excluding hydrogens is 320 g/mol. The molecular formula is C13H14N6O3S. The molecule has 0 bridgehead atoms. The number of aryl methyl sites for hydroxylation is 1. The molecule has 0 unspecified atom stereocenters. The number of rotatable bonds is 4. The molecule has 0 aliphatic heterocycles. The molecule has 23 heavy (non-hydrogen) atoms. The fraction of sp³-hybridized carbons (Fsp3) is 0.308. The topological polar surface area (TPSA) is 107 Å². The molecule has 0 spiro atoms. The highest BCUT2D eigenvalue weighted by molar-refractivity contribution is 7.85. The molecule has 0 aliphatic carbocycles. The largest absolute Gasteiger partial charge is 0.332 e. The van der Waals surface area contributed by atoms with Crippen LogP contribution in [0.15, 0.2) is 29.4 Å². The third-order valence-electron chi connectivity index (χ3n) is 3.81. The van der Waals surface area contributed by atoms with Crippen LogP contribution in [0, 0.1) is 0 Å². The Bertz CT molecular complexity index is 1140. The molecule has 10 heteroatoms. The standard InChI is InChI=1S/C13H14N6O3S/c1-2-3-8-17-9-6-4-5-7-10(9)18-11-14-15-13(23(20,21)22)19(11)16-12(17)18/h4-7H,2-3,8H2,1H3,(H,20,21,22). The molecule has 0 amide bonds. The first-order valence-corrected chi connectivity index (χ1v) is 8.65. The van der Waals surface area contributed by atoms with Gasteiger partial charge in [0.2, 0.25) is 5.78 Å². The summed E-state index contributed by atoms with van der Waals surface area (Å²) in [6.07, 6.45) is 1.99. The molecule has 1 aromatic carbocycles. The lowest BCUT2D eigenvalue weighted by Crippen LogP contribution is -2.06. The van der Waals surface area contributed by atoms with E-state index in [1.54, 1.807) is 4.40 Å². The maximum Gasteiger partial charge on any atom is 0.332 e. The van der Waals surface area contributed by atoms with Crippen LogP contribution in [-0.2, 0) is 16.7 Å². The van der Waals surface area contributed by atoms with Crippen LogP contribution in [0.4, 0.5) is 0 Å². The van der Waals surface area contributed by atoms with Crippen LogP contribution in [0.25, 0.3) is 22.6 Å². The molecule has 3 aromatic heterocycles. The minimum absolute atomic E-state index is 0.249. The summed E-state index contributed by atoms with van der Waals surface area (Å²) in [5, 5.41) is 11.1. The molecule has 0 fully saturated rings. The monoisotopic (exact) mass is 334 g/mol. The van der Waals surface area contributed by atoms with E-state index < -0.39 is 15.3 Å². The normalized spacial score (nSPS) is 12.8. The summed E-state index contributed by atoms with van der Waals surface area (Å²) in [5.74, 6) is 0.813. The van der Waals surface area contributed by atoms with Crippen LogP contribution in [0.3, 0.4) is 0 Å². The van der Waals surface area contributed by atoms with Crippen molar-refractivity contribution in [3.8, 4) is 0 Å². The first-order chi connectivity index (χ1) is 11.0. The second-order valence-electron chi connectivity index (χ2n) is 5.30. The summed E-state index contributed by atoms with van der Waals surface area (Å²) in [5.41, 5.74) is 1.85. The van der Waals surface area contributed by atoms with Gasteiger partial charge in [0, 0.05) is 6.54 Å². The SMILES string of the molecule is CCCCn1c2ccccc2n2c1nn1c(S(=O)(=O)O)nnc12. The Labute approximate surface area is 130 Å². The van der Waals surface area contributed by atoms with Gasteiger partial charge in [0.15, 0.2) is 0 Å². The van der Waals surface area contributed by atoms with Gasteiger partial charge in [-0.3, -0.25) is 4.55 Å². The van der Waals surface area contributed by atoms with Crippen molar-refractivity contribution in [2.24, 2.45) is 0 Å². The van der Waals surface area contributed by atoms with Gasteiger partial charge in [-0.1, -0.05) is 25.5 Å². The molecule has 0 atom stereocenters. The Morgan fingerprint density at radius 3 is 2.57 bits per heavy atom. The van der Waals surface area contributed by atoms with Crippen molar-refractivity contribution in [3.05, 3.63) is 24.3 Å². The van der Waals surface area contributed by atoms with Gasteiger partial charge in [-0.2, -0.15) is 12.9 Å². The minimum Gasteiger partial charge on any atom is -0.308 e. The van der Waals surface area contributed by atoms with Crippen molar-refractivity contribution in [2.75, 3.05) is 0 Å². The number of aromatic nitrogens is 6. The van der Waals surface area contributed by atoms with Crippen LogP contribution in [0.2, 0.25) is 0 Å². The predicted molar refractivity (Wildman–Crippen MR) is 82.0 cm³/mol. The summed E-state index contributed by atoms with van der Waals surface area (Å²) in [4.78, 5) is 0. The molecule has 0 aliphatic rings. The van der Waals surface area contributed by atoms with Crippen molar-refractivity contribution in [1.29, 1.82) is 0 Å². The number of fused-ring (bicyclic) bond motifs is 5. The molecule has 4 aromatic rings. The summed E-state index contributed by atoms with van der Waals surface area (Å²) in [7, 11) is -4.49. The molecule has 120 valence electrons. The van der Waals surface area contributed by atoms with E-state index in [1.807, 2.05) is 28.8 Å². The van der Waals surface area contributed by atoms with Crippen LogP contribution in [0.5, 0.6) is 0 Å². The van der Waals surface area contributed by atoms with Gasteiger partial charge in [0.1, 0.15) is 0 Å². The highest BCUT2D eigenvalue weighted by atomic mass is 32.2. The molecule has 0 radical (unpaired) electrons. The van der Waals surface area contributed by atoms with E-state index in [2.05, 4.69) is 22.2 Å². The summed E-state index contributed by atoms with van der Waals surface area (Å²) in [6.45, 7) is 2.85. The van der Waals surface area contributed by atoms with Crippen LogP contribution < -0.4 is 0 Å². The summed E-state index contributed by atoms with van der Waals surface area (Å²) < 4.78 is 36.9. The van der Waals surface area contributed by atoms with Gasteiger partial charge in [0.05, 0.1) is 11.0 Å². The summed E-state index contributed by atoms with van der Waals surface area (Å²) in [6, 6.07) is 7.72. The first-order valence-electron chi connectivity index (χ1n) is 7.21. The maximum absolute atomic E-state index is 11.4. The average molecular weight is 334 g/mol. The highest BCUT2D eigenvalue weighted by Gasteiger charge is 2.25. The van der Waals surface area contributed by atoms with E-state index in [0.717, 1.165) is 34.9 Å². The fourth-order valence-electron chi connectivity index (χ4n) is 2.79. The van der Waals surface area contributed by atoms with Gasteiger partial charge in [-0.05, 0) is 18.6 Å². The number of benzene rings is 1. The van der Waals surface area contributed by atoms with Gasteiger partial charge in [0.25, 0.3) is 10.9 Å².